The maximum atomic E-state index is 8.81. The van der Waals surface area contributed by atoms with Crippen molar-refractivity contribution in [3.63, 3.8) is 0 Å². The van der Waals surface area contributed by atoms with Gasteiger partial charge in [-0.3, -0.25) is 0 Å². The Kier molecular flexibility index (Phi) is 52.0. The van der Waals surface area contributed by atoms with Gasteiger partial charge < -0.3 is 14.3 Å². The monoisotopic (exact) mass is 262 g/mol. The van der Waals surface area contributed by atoms with Gasteiger partial charge in [0.2, 0.25) is 0 Å². The van der Waals surface area contributed by atoms with Crippen LogP contribution < -0.4 is 0 Å². The Morgan fingerprint density at radius 2 is 1.56 bits per heavy atom. The van der Waals surface area contributed by atoms with E-state index in [1.54, 1.807) is 13.2 Å². The molecule has 0 saturated carbocycles. The Bertz CT molecular complexity index is 113. The highest BCUT2D eigenvalue weighted by Gasteiger charge is 2.10. The summed E-state index contributed by atoms with van der Waals surface area (Å²) < 4.78 is 10.2. The number of allylic oxidation sites excluding steroid dienone is 1. The molecule has 1 unspecified atom stereocenters. The Morgan fingerprint density at radius 1 is 1.17 bits per heavy atom. The fourth-order valence-electron chi connectivity index (χ4n) is 0.897. The first-order valence-electron chi connectivity index (χ1n) is 6.88. The van der Waals surface area contributed by atoms with Crippen molar-refractivity contribution < 1.29 is 14.3 Å². The third-order valence-corrected chi connectivity index (χ3v) is 1.40. The van der Waals surface area contributed by atoms with Gasteiger partial charge in [-0.2, -0.15) is 0 Å². The van der Waals surface area contributed by atoms with Crippen LogP contribution in [0, 0.1) is 0 Å². The highest BCUT2D eigenvalue weighted by Crippen LogP contribution is 2.11. The molecule has 0 aromatic carbocycles. The zero-order chi connectivity index (χ0) is 15.2. The molecule has 1 aliphatic heterocycles. The van der Waals surface area contributed by atoms with E-state index >= 15 is 0 Å². The van der Waals surface area contributed by atoms with Crippen molar-refractivity contribution in [2.24, 2.45) is 0 Å². The summed E-state index contributed by atoms with van der Waals surface area (Å²) in [5, 5.41) is 0. The molecule has 0 aliphatic carbocycles. The molecular formula is C15H34O3. The third kappa shape index (κ3) is 36.2. The lowest BCUT2D eigenvalue weighted by Crippen LogP contribution is -2.20. The molecule has 0 amide bonds. The SMILES string of the molecule is C=CC.CC.CC.CC=O.COC1CCCCO1. The summed E-state index contributed by atoms with van der Waals surface area (Å²) in [4.78, 5) is 8.81. The van der Waals surface area contributed by atoms with E-state index in [0.29, 0.717) is 0 Å². The molecule has 0 aromatic rings. The van der Waals surface area contributed by atoms with Crippen molar-refractivity contribution in [1.82, 2.24) is 0 Å². The van der Waals surface area contributed by atoms with Crippen LogP contribution in [0.2, 0.25) is 0 Å². The minimum absolute atomic E-state index is 0.0868. The van der Waals surface area contributed by atoms with Gasteiger partial charge in [-0.1, -0.05) is 33.8 Å². The Balaban J connectivity index is -0.0000000834. The lowest BCUT2D eigenvalue weighted by atomic mass is 10.2. The number of hydrogen-bond donors (Lipinski definition) is 0. The Labute approximate surface area is 115 Å². The van der Waals surface area contributed by atoms with E-state index in [-0.39, 0.29) is 6.29 Å². The maximum absolute atomic E-state index is 8.81. The number of ether oxygens (including phenoxy) is 2. The summed E-state index contributed by atoms with van der Waals surface area (Å²) >= 11 is 0. The van der Waals surface area contributed by atoms with Crippen LogP contribution in [0.5, 0.6) is 0 Å². The van der Waals surface area contributed by atoms with E-state index in [0.717, 1.165) is 19.3 Å². The number of aldehydes is 1. The molecule has 1 aliphatic rings. The highest BCUT2D eigenvalue weighted by atomic mass is 16.7. The second-order valence-electron chi connectivity index (χ2n) is 2.68. The topological polar surface area (TPSA) is 35.5 Å². The summed E-state index contributed by atoms with van der Waals surface area (Å²) in [6, 6.07) is 0. The average Bonchev–Trinajstić information content (AvgIpc) is 2.46. The van der Waals surface area contributed by atoms with Gasteiger partial charge in [0.1, 0.15) is 6.29 Å². The summed E-state index contributed by atoms with van der Waals surface area (Å²) in [5.74, 6) is 0. The maximum Gasteiger partial charge on any atom is 0.157 e. The van der Waals surface area contributed by atoms with Crippen LogP contribution in [0.4, 0.5) is 0 Å². The summed E-state index contributed by atoms with van der Waals surface area (Å²) in [6.45, 7) is 15.6. The summed E-state index contributed by atoms with van der Waals surface area (Å²) in [5.41, 5.74) is 0. The van der Waals surface area contributed by atoms with Crippen molar-refractivity contribution >= 4 is 6.29 Å². The predicted octanol–water partition coefficient (Wildman–Crippen LogP) is 4.61. The van der Waals surface area contributed by atoms with Crippen LogP contribution in [-0.4, -0.2) is 26.3 Å². The van der Waals surface area contributed by atoms with Gasteiger partial charge in [-0.05, 0) is 33.1 Å². The predicted molar refractivity (Wildman–Crippen MR) is 80.9 cm³/mol. The first-order chi connectivity index (χ1) is 8.76. The van der Waals surface area contributed by atoms with E-state index < -0.39 is 0 Å². The molecule has 3 heteroatoms. The molecule has 3 nitrogen and oxygen atoms in total. The molecule has 0 N–H and O–H groups in total. The number of hydrogen-bond acceptors (Lipinski definition) is 3. The largest absolute Gasteiger partial charge is 0.356 e. The molecule has 0 bridgehead atoms. The normalized spacial score (nSPS) is 15.6. The summed E-state index contributed by atoms with van der Waals surface area (Å²) in [7, 11) is 1.69. The molecule has 1 saturated heterocycles. The van der Waals surface area contributed by atoms with Crippen LogP contribution >= 0.6 is 0 Å². The summed E-state index contributed by atoms with van der Waals surface area (Å²) in [6.07, 6.45) is 6.10. The number of methoxy groups -OCH3 is 1. The quantitative estimate of drug-likeness (QED) is 0.511. The zero-order valence-electron chi connectivity index (χ0n) is 13.5. The van der Waals surface area contributed by atoms with Crippen LogP contribution in [0.1, 0.15) is 60.8 Å². The van der Waals surface area contributed by atoms with E-state index in [2.05, 4.69) is 6.58 Å². The molecule has 112 valence electrons. The second kappa shape index (κ2) is 36.0. The van der Waals surface area contributed by atoms with Crippen LogP contribution in [-0.2, 0) is 14.3 Å². The van der Waals surface area contributed by atoms with E-state index in [1.165, 1.54) is 19.8 Å². The average molecular weight is 262 g/mol. The number of carbonyl (C=O) groups excluding carboxylic acids is 1. The lowest BCUT2D eigenvalue weighted by molar-refractivity contribution is -0.145. The van der Waals surface area contributed by atoms with Gasteiger partial charge in [-0.25, -0.2) is 0 Å². The van der Waals surface area contributed by atoms with Gasteiger partial charge in [-0.15, -0.1) is 6.58 Å². The second-order valence-corrected chi connectivity index (χ2v) is 2.68. The molecule has 1 fully saturated rings. The van der Waals surface area contributed by atoms with Crippen LogP contribution in [0.15, 0.2) is 12.7 Å². The van der Waals surface area contributed by atoms with Gasteiger partial charge >= 0.3 is 0 Å². The van der Waals surface area contributed by atoms with E-state index in [1.807, 2.05) is 34.6 Å². The zero-order valence-corrected chi connectivity index (χ0v) is 13.5. The smallest absolute Gasteiger partial charge is 0.157 e. The molecule has 0 radical (unpaired) electrons. The number of carbonyl (C=O) groups is 1. The first-order valence-corrected chi connectivity index (χ1v) is 6.88. The minimum Gasteiger partial charge on any atom is -0.356 e. The van der Waals surface area contributed by atoms with E-state index in [4.69, 9.17) is 14.3 Å². The van der Waals surface area contributed by atoms with Gasteiger partial charge in [0.05, 0.1) is 0 Å². The number of rotatable bonds is 1. The highest BCUT2D eigenvalue weighted by molar-refractivity contribution is 5.44. The van der Waals surface area contributed by atoms with Gasteiger partial charge in [0, 0.05) is 13.7 Å². The minimum atomic E-state index is 0.0868. The van der Waals surface area contributed by atoms with Crippen LogP contribution in [0.3, 0.4) is 0 Å². The fourth-order valence-corrected chi connectivity index (χ4v) is 0.897. The fraction of sp³-hybridized carbons (Fsp3) is 0.800. The van der Waals surface area contributed by atoms with Crippen molar-refractivity contribution in [3.05, 3.63) is 12.7 Å². The van der Waals surface area contributed by atoms with Gasteiger partial charge in [0.25, 0.3) is 0 Å². The van der Waals surface area contributed by atoms with Gasteiger partial charge in [0.15, 0.2) is 6.29 Å². The standard InChI is InChI=1S/C6H12O2.C3H6.C2H4O.2C2H6/c1-7-6-4-2-3-5-8-6;1-3-2;1-2-3;2*1-2/h6H,2-5H2,1H3;3H,1H2,2H3;2H,1H3;2*1-2H3. The molecule has 1 heterocycles. The molecule has 0 spiro atoms. The van der Waals surface area contributed by atoms with E-state index in [9.17, 15) is 0 Å². The van der Waals surface area contributed by atoms with Crippen molar-refractivity contribution in [3.8, 4) is 0 Å². The Morgan fingerprint density at radius 3 is 1.72 bits per heavy atom. The van der Waals surface area contributed by atoms with Crippen LogP contribution in [0.25, 0.3) is 0 Å². The molecule has 18 heavy (non-hydrogen) atoms. The lowest BCUT2D eigenvalue weighted by Gasteiger charge is -2.20. The third-order valence-electron chi connectivity index (χ3n) is 1.40. The molecular weight excluding hydrogens is 228 g/mol. The Hall–Kier alpha value is -0.670. The van der Waals surface area contributed by atoms with Crippen molar-refractivity contribution in [2.75, 3.05) is 13.7 Å². The van der Waals surface area contributed by atoms with Crippen molar-refractivity contribution in [2.45, 2.75) is 67.1 Å². The molecule has 1 atom stereocenters. The molecule has 0 aromatic heterocycles. The first kappa shape index (κ1) is 26.0. The van der Waals surface area contributed by atoms with Crippen molar-refractivity contribution in [1.29, 1.82) is 0 Å². The molecule has 1 rings (SSSR count).